The molecule has 0 radical (unpaired) electrons. The second-order valence-electron chi connectivity index (χ2n) is 5.14. The van der Waals surface area contributed by atoms with Gasteiger partial charge < -0.3 is 10.1 Å². The highest BCUT2D eigenvalue weighted by Gasteiger charge is 2.27. The van der Waals surface area contributed by atoms with E-state index in [2.05, 4.69) is 42.3 Å². The molecule has 0 bridgehead atoms. The van der Waals surface area contributed by atoms with E-state index >= 15 is 0 Å². The van der Waals surface area contributed by atoms with Gasteiger partial charge in [-0.3, -0.25) is 4.90 Å². The molecule has 0 spiro atoms. The average Bonchev–Trinajstić information content (AvgIpc) is 3.26. The van der Waals surface area contributed by atoms with E-state index in [1.54, 1.807) is 0 Å². The number of hydrogen-bond donors (Lipinski definition) is 1. The lowest BCUT2D eigenvalue weighted by atomic mass is 10.2. The van der Waals surface area contributed by atoms with Crippen LogP contribution in [0.5, 0.6) is 5.75 Å². The van der Waals surface area contributed by atoms with Crippen LogP contribution in [0.15, 0.2) is 24.3 Å². The predicted octanol–water partition coefficient (Wildman–Crippen LogP) is 2.66. The van der Waals surface area contributed by atoms with Gasteiger partial charge in [0.1, 0.15) is 12.4 Å². The number of rotatable bonds is 9. The topological polar surface area (TPSA) is 24.5 Å². The molecule has 1 aromatic carbocycles. The second-order valence-corrected chi connectivity index (χ2v) is 5.14. The molecule has 1 saturated carbocycles. The largest absolute Gasteiger partial charge is 0.492 e. The molecule has 1 fully saturated rings. The summed E-state index contributed by atoms with van der Waals surface area (Å²) in [6, 6.07) is 9.21. The molecule has 3 nitrogen and oxygen atoms in total. The van der Waals surface area contributed by atoms with Gasteiger partial charge >= 0.3 is 0 Å². The number of likely N-dealkylation sites (N-methyl/N-ethyl adjacent to an activating group) is 1. The summed E-state index contributed by atoms with van der Waals surface area (Å²) in [5.41, 5.74) is 1.29. The Kier molecular flexibility index (Phi) is 5.67. The molecule has 2 rings (SSSR count). The van der Waals surface area contributed by atoms with Crippen molar-refractivity contribution in [1.29, 1.82) is 0 Å². The van der Waals surface area contributed by atoms with E-state index in [0.29, 0.717) is 0 Å². The highest BCUT2D eigenvalue weighted by molar-refractivity contribution is 5.28. The fourth-order valence-electron chi connectivity index (χ4n) is 2.33. The Morgan fingerprint density at radius 1 is 1.32 bits per heavy atom. The summed E-state index contributed by atoms with van der Waals surface area (Å²) in [5.74, 6) is 0.988. The highest BCUT2D eigenvalue weighted by Crippen LogP contribution is 2.26. The minimum atomic E-state index is 0.787. The SMILES string of the molecule is CCNCc1cccc(OCCN(CC)C2CC2)c1. The normalized spacial score (nSPS) is 14.9. The molecule has 1 aromatic rings. The van der Waals surface area contributed by atoms with Crippen molar-refractivity contribution in [1.82, 2.24) is 10.2 Å². The molecule has 0 unspecified atom stereocenters. The summed E-state index contributed by atoms with van der Waals surface area (Å²) < 4.78 is 5.87. The van der Waals surface area contributed by atoms with Crippen LogP contribution in [0, 0.1) is 0 Å². The third-order valence-corrected chi connectivity index (χ3v) is 3.59. The van der Waals surface area contributed by atoms with E-state index in [9.17, 15) is 0 Å². The summed E-state index contributed by atoms with van der Waals surface area (Å²) in [4.78, 5) is 2.52. The van der Waals surface area contributed by atoms with Crippen LogP contribution in [0.1, 0.15) is 32.3 Å². The van der Waals surface area contributed by atoms with Gasteiger partial charge in [0.25, 0.3) is 0 Å². The molecular formula is C16H26N2O. The van der Waals surface area contributed by atoms with Crippen LogP contribution in [0.3, 0.4) is 0 Å². The second kappa shape index (κ2) is 7.51. The summed E-state index contributed by atoms with van der Waals surface area (Å²) in [5, 5.41) is 3.33. The smallest absolute Gasteiger partial charge is 0.119 e. The van der Waals surface area contributed by atoms with E-state index in [1.165, 1.54) is 18.4 Å². The van der Waals surface area contributed by atoms with Crippen LogP contribution in [0.4, 0.5) is 0 Å². The summed E-state index contributed by atoms with van der Waals surface area (Å²) in [6.45, 7) is 9.23. The zero-order valence-corrected chi connectivity index (χ0v) is 12.2. The third-order valence-electron chi connectivity index (χ3n) is 3.59. The van der Waals surface area contributed by atoms with E-state index in [1.807, 2.05) is 6.07 Å². The van der Waals surface area contributed by atoms with Crippen LogP contribution in [-0.2, 0) is 6.54 Å². The van der Waals surface area contributed by atoms with Crippen molar-refractivity contribution in [2.24, 2.45) is 0 Å². The Labute approximate surface area is 116 Å². The molecule has 0 amide bonds. The third kappa shape index (κ3) is 4.84. The molecule has 106 valence electrons. The van der Waals surface area contributed by atoms with Gasteiger partial charge in [0.05, 0.1) is 0 Å². The quantitative estimate of drug-likeness (QED) is 0.740. The number of nitrogens with one attached hydrogen (secondary N) is 1. The van der Waals surface area contributed by atoms with Crippen molar-refractivity contribution in [3.63, 3.8) is 0 Å². The molecule has 19 heavy (non-hydrogen) atoms. The fraction of sp³-hybridized carbons (Fsp3) is 0.625. The number of ether oxygens (including phenoxy) is 1. The van der Waals surface area contributed by atoms with Crippen molar-refractivity contribution >= 4 is 0 Å². The maximum atomic E-state index is 5.87. The van der Waals surface area contributed by atoms with Gasteiger partial charge in [-0.05, 0) is 43.6 Å². The van der Waals surface area contributed by atoms with Gasteiger partial charge in [-0.1, -0.05) is 26.0 Å². The standard InChI is InChI=1S/C16H26N2O/c1-3-17-13-14-6-5-7-16(12-14)19-11-10-18(4-2)15-8-9-15/h5-7,12,15,17H,3-4,8-11,13H2,1-2H3. The Balaban J connectivity index is 1.75. The zero-order valence-electron chi connectivity index (χ0n) is 12.2. The number of benzene rings is 1. The Bertz CT molecular complexity index is 377. The molecule has 0 aliphatic heterocycles. The molecule has 0 atom stereocenters. The Morgan fingerprint density at radius 2 is 2.16 bits per heavy atom. The molecular weight excluding hydrogens is 236 g/mol. The zero-order chi connectivity index (χ0) is 13.5. The minimum Gasteiger partial charge on any atom is -0.492 e. The minimum absolute atomic E-state index is 0.787. The lowest BCUT2D eigenvalue weighted by molar-refractivity contribution is 0.209. The van der Waals surface area contributed by atoms with Gasteiger partial charge in [-0.2, -0.15) is 0 Å². The van der Waals surface area contributed by atoms with E-state index in [0.717, 1.165) is 44.6 Å². The van der Waals surface area contributed by atoms with Crippen LogP contribution >= 0.6 is 0 Å². The molecule has 0 saturated heterocycles. The summed E-state index contributed by atoms with van der Waals surface area (Å²) in [7, 11) is 0. The lowest BCUT2D eigenvalue weighted by Crippen LogP contribution is -2.30. The first-order chi connectivity index (χ1) is 9.33. The predicted molar refractivity (Wildman–Crippen MR) is 79.6 cm³/mol. The van der Waals surface area contributed by atoms with Crippen molar-refractivity contribution < 1.29 is 4.74 Å². The van der Waals surface area contributed by atoms with Crippen molar-refractivity contribution in [2.75, 3.05) is 26.2 Å². The highest BCUT2D eigenvalue weighted by atomic mass is 16.5. The lowest BCUT2D eigenvalue weighted by Gasteiger charge is -2.19. The molecule has 1 aliphatic rings. The first kappa shape index (κ1) is 14.4. The Morgan fingerprint density at radius 3 is 2.84 bits per heavy atom. The van der Waals surface area contributed by atoms with Crippen LogP contribution in [0.25, 0.3) is 0 Å². The van der Waals surface area contributed by atoms with Crippen molar-refractivity contribution in [3.05, 3.63) is 29.8 Å². The molecule has 1 N–H and O–H groups in total. The molecule has 0 heterocycles. The van der Waals surface area contributed by atoms with Crippen LogP contribution in [-0.4, -0.2) is 37.2 Å². The molecule has 0 aromatic heterocycles. The number of nitrogens with zero attached hydrogens (tertiary/aromatic N) is 1. The number of hydrogen-bond acceptors (Lipinski definition) is 3. The maximum absolute atomic E-state index is 5.87. The van der Waals surface area contributed by atoms with Crippen molar-refractivity contribution in [2.45, 2.75) is 39.3 Å². The fourth-order valence-corrected chi connectivity index (χ4v) is 2.33. The first-order valence-corrected chi connectivity index (χ1v) is 7.50. The molecule has 3 heteroatoms. The average molecular weight is 262 g/mol. The first-order valence-electron chi connectivity index (χ1n) is 7.50. The van der Waals surface area contributed by atoms with Gasteiger partial charge in [0, 0.05) is 19.1 Å². The summed E-state index contributed by atoms with van der Waals surface area (Å²) >= 11 is 0. The van der Waals surface area contributed by atoms with Gasteiger partial charge in [-0.25, -0.2) is 0 Å². The van der Waals surface area contributed by atoms with Crippen LogP contribution < -0.4 is 10.1 Å². The molecule has 1 aliphatic carbocycles. The monoisotopic (exact) mass is 262 g/mol. The van der Waals surface area contributed by atoms with E-state index < -0.39 is 0 Å². The Hall–Kier alpha value is -1.06. The van der Waals surface area contributed by atoms with Gasteiger partial charge in [0.15, 0.2) is 0 Å². The van der Waals surface area contributed by atoms with Crippen LogP contribution in [0.2, 0.25) is 0 Å². The van der Waals surface area contributed by atoms with E-state index in [-0.39, 0.29) is 0 Å². The van der Waals surface area contributed by atoms with Gasteiger partial charge in [0.2, 0.25) is 0 Å². The van der Waals surface area contributed by atoms with Crippen molar-refractivity contribution in [3.8, 4) is 5.75 Å². The van der Waals surface area contributed by atoms with Gasteiger partial charge in [-0.15, -0.1) is 0 Å². The van der Waals surface area contributed by atoms with E-state index in [4.69, 9.17) is 4.74 Å². The summed E-state index contributed by atoms with van der Waals surface area (Å²) in [6.07, 6.45) is 2.73. The maximum Gasteiger partial charge on any atom is 0.119 e.